The van der Waals surface area contributed by atoms with Gasteiger partial charge in [-0.1, -0.05) is 19.9 Å². The fraction of sp³-hybridized carbons (Fsp3) is 0.400. The highest BCUT2D eigenvalue weighted by molar-refractivity contribution is 14.1. The van der Waals surface area contributed by atoms with Crippen molar-refractivity contribution in [3.63, 3.8) is 0 Å². The topological polar surface area (TPSA) is 0 Å². The molecule has 0 atom stereocenters. The quantitative estimate of drug-likeness (QED) is 0.675. The molecule has 0 unspecified atom stereocenters. The number of hydrogen-bond acceptors (Lipinski definition) is 0. The Morgan fingerprint density at radius 3 is 2.36 bits per heavy atom. The standard InChI is InChI=1S/C10H13I/c1-7(2)10-6-9(11)5-4-8(10)3/h4-7H,1-3H3. The van der Waals surface area contributed by atoms with E-state index in [1.165, 1.54) is 14.7 Å². The van der Waals surface area contributed by atoms with Gasteiger partial charge < -0.3 is 0 Å². The van der Waals surface area contributed by atoms with Crippen molar-refractivity contribution in [3.05, 3.63) is 32.9 Å². The number of rotatable bonds is 1. The molecule has 0 amide bonds. The fourth-order valence-corrected chi connectivity index (χ4v) is 1.75. The minimum Gasteiger partial charge on any atom is -0.0587 e. The third-order valence-electron chi connectivity index (χ3n) is 1.86. The van der Waals surface area contributed by atoms with Crippen molar-refractivity contribution in [2.75, 3.05) is 0 Å². The second-order valence-corrected chi connectivity index (χ2v) is 4.40. The lowest BCUT2D eigenvalue weighted by atomic mass is 9.99. The molecule has 0 aliphatic rings. The molecular formula is C10H13I. The Balaban J connectivity index is 3.13. The van der Waals surface area contributed by atoms with Crippen LogP contribution in [0.3, 0.4) is 0 Å². The molecule has 1 aromatic rings. The molecule has 0 N–H and O–H groups in total. The SMILES string of the molecule is Cc1ccc(I)cc1C(C)C. The summed E-state index contributed by atoms with van der Waals surface area (Å²) < 4.78 is 1.33. The van der Waals surface area contributed by atoms with Gasteiger partial charge in [-0.2, -0.15) is 0 Å². The van der Waals surface area contributed by atoms with Crippen LogP contribution in [0.5, 0.6) is 0 Å². The summed E-state index contributed by atoms with van der Waals surface area (Å²) in [5.74, 6) is 0.643. The lowest BCUT2D eigenvalue weighted by Crippen LogP contribution is -1.91. The normalized spacial score (nSPS) is 10.6. The Hall–Kier alpha value is -0.0500. The maximum absolute atomic E-state index is 2.36. The first kappa shape index (κ1) is 9.04. The first-order valence-corrected chi connectivity index (χ1v) is 4.95. The second kappa shape index (κ2) is 3.57. The molecule has 0 heterocycles. The van der Waals surface area contributed by atoms with E-state index in [1.807, 2.05) is 0 Å². The van der Waals surface area contributed by atoms with Crippen LogP contribution in [0.25, 0.3) is 0 Å². The van der Waals surface area contributed by atoms with E-state index in [0.717, 1.165) is 0 Å². The highest BCUT2D eigenvalue weighted by Crippen LogP contribution is 2.20. The van der Waals surface area contributed by atoms with Gasteiger partial charge in [0.2, 0.25) is 0 Å². The van der Waals surface area contributed by atoms with E-state index in [2.05, 4.69) is 61.6 Å². The van der Waals surface area contributed by atoms with Crippen LogP contribution >= 0.6 is 22.6 Å². The predicted molar refractivity (Wildman–Crippen MR) is 58.0 cm³/mol. The van der Waals surface area contributed by atoms with Gasteiger partial charge in [-0.25, -0.2) is 0 Å². The summed E-state index contributed by atoms with van der Waals surface area (Å²) in [4.78, 5) is 0. The zero-order valence-electron chi connectivity index (χ0n) is 7.19. The highest BCUT2D eigenvalue weighted by Gasteiger charge is 2.02. The Kier molecular flexibility index (Phi) is 2.93. The summed E-state index contributed by atoms with van der Waals surface area (Å²) in [5.41, 5.74) is 2.87. The van der Waals surface area contributed by atoms with Crippen LogP contribution in [0.4, 0.5) is 0 Å². The summed E-state index contributed by atoms with van der Waals surface area (Å²) in [7, 11) is 0. The van der Waals surface area contributed by atoms with Gasteiger partial charge in [-0.05, 0) is 58.7 Å². The van der Waals surface area contributed by atoms with Crippen molar-refractivity contribution in [1.29, 1.82) is 0 Å². The molecule has 0 nitrogen and oxygen atoms in total. The van der Waals surface area contributed by atoms with Crippen LogP contribution in [0.2, 0.25) is 0 Å². The Morgan fingerprint density at radius 1 is 1.27 bits per heavy atom. The van der Waals surface area contributed by atoms with E-state index in [4.69, 9.17) is 0 Å². The smallest absolute Gasteiger partial charge is 0.0133 e. The molecule has 60 valence electrons. The molecule has 0 spiro atoms. The number of benzene rings is 1. The van der Waals surface area contributed by atoms with Crippen LogP contribution in [0.1, 0.15) is 30.9 Å². The Morgan fingerprint density at radius 2 is 1.91 bits per heavy atom. The molecule has 0 radical (unpaired) electrons. The average molecular weight is 260 g/mol. The molecule has 0 aliphatic heterocycles. The van der Waals surface area contributed by atoms with Crippen molar-refractivity contribution in [3.8, 4) is 0 Å². The van der Waals surface area contributed by atoms with E-state index in [-0.39, 0.29) is 0 Å². The van der Waals surface area contributed by atoms with Gasteiger partial charge in [0.1, 0.15) is 0 Å². The third kappa shape index (κ3) is 2.19. The molecule has 1 heteroatoms. The van der Waals surface area contributed by atoms with Gasteiger partial charge in [-0.15, -0.1) is 0 Å². The summed E-state index contributed by atoms with van der Waals surface area (Å²) in [6.45, 7) is 6.64. The predicted octanol–water partition coefficient (Wildman–Crippen LogP) is 3.72. The molecule has 1 aromatic carbocycles. The van der Waals surface area contributed by atoms with E-state index in [9.17, 15) is 0 Å². The van der Waals surface area contributed by atoms with Gasteiger partial charge in [0.05, 0.1) is 0 Å². The molecule has 0 saturated carbocycles. The van der Waals surface area contributed by atoms with E-state index in [0.29, 0.717) is 5.92 Å². The monoisotopic (exact) mass is 260 g/mol. The molecule has 0 saturated heterocycles. The summed E-state index contributed by atoms with van der Waals surface area (Å²) in [6.07, 6.45) is 0. The first-order chi connectivity index (χ1) is 5.11. The lowest BCUT2D eigenvalue weighted by molar-refractivity contribution is 0.855. The molecule has 0 fully saturated rings. The summed E-state index contributed by atoms with van der Waals surface area (Å²) >= 11 is 2.36. The maximum atomic E-state index is 2.36. The number of aryl methyl sites for hydroxylation is 1. The van der Waals surface area contributed by atoms with Gasteiger partial charge >= 0.3 is 0 Å². The van der Waals surface area contributed by atoms with Crippen molar-refractivity contribution < 1.29 is 0 Å². The molecule has 11 heavy (non-hydrogen) atoms. The minimum absolute atomic E-state index is 0.643. The highest BCUT2D eigenvalue weighted by atomic mass is 127. The lowest BCUT2D eigenvalue weighted by Gasteiger charge is -2.09. The van der Waals surface area contributed by atoms with Crippen LogP contribution in [-0.2, 0) is 0 Å². The van der Waals surface area contributed by atoms with Crippen molar-refractivity contribution in [1.82, 2.24) is 0 Å². The maximum Gasteiger partial charge on any atom is 0.0133 e. The summed E-state index contributed by atoms with van der Waals surface area (Å²) in [5, 5.41) is 0. The van der Waals surface area contributed by atoms with Crippen LogP contribution in [0.15, 0.2) is 18.2 Å². The molecule has 0 bridgehead atoms. The zero-order chi connectivity index (χ0) is 8.43. The third-order valence-corrected chi connectivity index (χ3v) is 2.53. The zero-order valence-corrected chi connectivity index (χ0v) is 9.34. The van der Waals surface area contributed by atoms with Crippen molar-refractivity contribution >= 4 is 22.6 Å². The van der Waals surface area contributed by atoms with Crippen LogP contribution in [-0.4, -0.2) is 0 Å². The Labute approximate surface area is 82.2 Å². The van der Waals surface area contributed by atoms with Gasteiger partial charge in [-0.3, -0.25) is 0 Å². The largest absolute Gasteiger partial charge is 0.0587 e. The molecule has 1 rings (SSSR count). The molecule has 0 aromatic heterocycles. The van der Waals surface area contributed by atoms with Gasteiger partial charge in [0.15, 0.2) is 0 Å². The van der Waals surface area contributed by atoms with E-state index >= 15 is 0 Å². The fourth-order valence-electron chi connectivity index (χ4n) is 1.23. The van der Waals surface area contributed by atoms with E-state index < -0.39 is 0 Å². The van der Waals surface area contributed by atoms with Crippen LogP contribution < -0.4 is 0 Å². The van der Waals surface area contributed by atoms with E-state index in [1.54, 1.807) is 0 Å². The molecule has 0 aliphatic carbocycles. The second-order valence-electron chi connectivity index (χ2n) is 3.16. The van der Waals surface area contributed by atoms with Gasteiger partial charge in [0, 0.05) is 3.57 Å². The number of hydrogen-bond donors (Lipinski definition) is 0. The van der Waals surface area contributed by atoms with Gasteiger partial charge in [0.25, 0.3) is 0 Å². The molecular weight excluding hydrogens is 247 g/mol. The number of halogens is 1. The minimum atomic E-state index is 0.643. The van der Waals surface area contributed by atoms with Crippen molar-refractivity contribution in [2.45, 2.75) is 26.7 Å². The Bertz CT molecular complexity index is 251. The average Bonchev–Trinajstić information content (AvgIpc) is 1.94. The first-order valence-electron chi connectivity index (χ1n) is 3.87. The summed E-state index contributed by atoms with van der Waals surface area (Å²) in [6, 6.07) is 6.61. The van der Waals surface area contributed by atoms with Crippen molar-refractivity contribution in [2.24, 2.45) is 0 Å². The van der Waals surface area contributed by atoms with Crippen LogP contribution in [0, 0.1) is 10.5 Å².